The Morgan fingerprint density at radius 3 is 1.28 bits per heavy atom. The third kappa shape index (κ3) is 15.7. The quantitative estimate of drug-likeness (QED) is 0.0676. The van der Waals surface area contributed by atoms with Crippen LogP contribution in [0.25, 0.3) is 0 Å². The van der Waals surface area contributed by atoms with Crippen molar-refractivity contribution in [3.63, 3.8) is 0 Å². The molecule has 65 heavy (non-hydrogen) atoms. The van der Waals surface area contributed by atoms with E-state index in [-0.39, 0.29) is 24.1 Å². The lowest BCUT2D eigenvalue weighted by molar-refractivity contribution is 0.0276. The number of hydrogen-bond acceptors (Lipinski definition) is 9. The number of hydrogen-bond donors (Lipinski definition) is 6. The second-order valence-corrected chi connectivity index (χ2v) is 17.5. The highest BCUT2D eigenvalue weighted by Crippen LogP contribution is 2.24. The minimum atomic E-state index is -0.293. The first-order chi connectivity index (χ1) is 31.9. The van der Waals surface area contributed by atoms with Gasteiger partial charge in [-0.05, 0) is 100 Å². The number of anilines is 3. The van der Waals surface area contributed by atoms with Crippen molar-refractivity contribution in [1.82, 2.24) is 16.0 Å². The molecule has 3 aliphatic heterocycles. The fraction of sp³-hybridized carbons (Fsp3) is 0.321. The highest BCUT2D eigenvalue weighted by molar-refractivity contribution is 9.10. The Balaban J connectivity index is 0.000000145. The number of ether oxygens (including phenoxy) is 3. The highest BCUT2D eigenvalue weighted by Gasteiger charge is 2.17. The van der Waals surface area contributed by atoms with Crippen LogP contribution in [0.3, 0.4) is 0 Å². The van der Waals surface area contributed by atoms with E-state index in [0.717, 1.165) is 106 Å². The van der Waals surface area contributed by atoms with Crippen molar-refractivity contribution >= 4 is 44.6 Å². The Labute approximate surface area is 397 Å². The Kier molecular flexibility index (Phi) is 19.1. The van der Waals surface area contributed by atoms with E-state index in [1.54, 1.807) is 12.1 Å². The summed E-state index contributed by atoms with van der Waals surface area (Å²) < 4.78 is 32.1. The molecule has 3 atom stereocenters. The molecular weight excluding hydrogens is 903 g/mol. The van der Waals surface area contributed by atoms with Crippen LogP contribution in [0.15, 0.2) is 144 Å². The predicted molar refractivity (Wildman–Crippen MR) is 267 cm³/mol. The Morgan fingerprint density at radius 1 is 0.523 bits per heavy atom. The summed E-state index contributed by atoms with van der Waals surface area (Å²) >= 11 is 9.20. The van der Waals surface area contributed by atoms with Gasteiger partial charge in [0.2, 0.25) is 0 Å². The SMILES string of the molecule is Brc1ccc(CNc2ccc([C@H]3CNCCO3)cc2)cc1.CCc1ccc(CNc2ccc([C@H]3CNCCO3)cc2)cc1.Fc1cc(Cl)ccc1CNc1ccc([C@H]2CNCCO2)cc1. The van der Waals surface area contributed by atoms with E-state index in [9.17, 15) is 4.39 Å². The van der Waals surface area contributed by atoms with Gasteiger partial charge >= 0.3 is 0 Å². The molecule has 0 bridgehead atoms. The van der Waals surface area contributed by atoms with E-state index in [1.165, 1.54) is 33.9 Å². The lowest BCUT2D eigenvalue weighted by Gasteiger charge is -2.24. The topological polar surface area (TPSA) is 99.9 Å². The number of nitrogens with one attached hydrogen (secondary N) is 6. The van der Waals surface area contributed by atoms with Gasteiger partial charge in [0.15, 0.2) is 0 Å². The summed E-state index contributed by atoms with van der Waals surface area (Å²) in [7, 11) is 0. The number of benzene rings is 6. The van der Waals surface area contributed by atoms with Gasteiger partial charge in [-0.1, -0.05) is 113 Å². The molecule has 3 saturated heterocycles. The summed E-state index contributed by atoms with van der Waals surface area (Å²) in [5.41, 5.74) is 11.4. The Bertz CT molecular complexity index is 2290. The van der Waals surface area contributed by atoms with Gasteiger partial charge in [-0.15, -0.1) is 0 Å². The van der Waals surface area contributed by atoms with Gasteiger partial charge in [-0.3, -0.25) is 0 Å². The van der Waals surface area contributed by atoms with Crippen molar-refractivity contribution in [2.24, 2.45) is 0 Å². The summed E-state index contributed by atoms with van der Waals surface area (Å²) in [6.45, 7) is 12.0. The van der Waals surface area contributed by atoms with Gasteiger partial charge in [0, 0.05) is 91.0 Å². The molecule has 3 heterocycles. The molecule has 0 unspecified atom stereocenters. The van der Waals surface area contributed by atoms with Crippen LogP contribution in [0.1, 0.15) is 64.2 Å². The lowest BCUT2D eigenvalue weighted by Crippen LogP contribution is -2.33. The number of aryl methyl sites for hydroxylation is 1. The van der Waals surface area contributed by atoms with Crippen LogP contribution < -0.4 is 31.9 Å². The maximum Gasteiger partial charge on any atom is 0.129 e. The molecule has 0 aliphatic carbocycles. The second kappa shape index (κ2) is 25.8. The van der Waals surface area contributed by atoms with Gasteiger partial charge in [-0.25, -0.2) is 4.39 Å². The van der Waals surface area contributed by atoms with E-state index in [0.29, 0.717) is 17.1 Å². The Hall–Kier alpha value is -4.82. The number of halogens is 3. The summed E-state index contributed by atoms with van der Waals surface area (Å²) in [5, 5.41) is 20.6. The van der Waals surface area contributed by atoms with Crippen molar-refractivity contribution in [3.8, 4) is 0 Å². The van der Waals surface area contributed by atoms with E-state index in [4.69, 9.17) is 25.8 Å². The van der Waals surface area contributed by atoms with Crippen molar-refractivity contribution in [2.45, 2.75) is 51.3 Å². The first kappa shape index (κ1) is 48.1. The van der Waals surface area contributed by atoms with Crippen LogP contribution >= 0.6 is 27.5 Å². The van der Waals surface area contributed by atoms with Crippen LogP contribution in [0.2, 0.25) is 5.02 Å². The molecule has 12 heteroatoms. The lowest BCUT2D eigenvalue weighted by atomic mass is 10.1. The first-order valence-corrected chi connectivity index (χ1v) is 23.8. The molecule has 6 N–H and O–H groups in total. The molecule has 6 aromatic rings. The van der Waals surface area contributed by atoms with Gasteiger partial charge in [0.1, 0.15) is 5.82 Å². The van der Waals surface area contributed by atoms with E-state index in [1.807, 2.05) is 24.3 Å². The van der Waals surface area contributed by atoms with Crippen LogP contribution in [-0.2, 0) is 40.3 Å². The monoisotopic (exact) mass is 962 g/mol. The van der Waals surface area contributed by atoms with Gasteiger partial charge < -0.3 is 46.1 Å². The molecule has 3 aliphatic rings. The first-order valence-electron chi connectivity index (χ1n) is 22.6. The van der Waals surface area contributed by atoms with Crippen molar-refractivity contribution in [1.29, 1.82) is 0 Å². The van der Waals surface area contributed by atoms with Gasteiger partial charge in [-0.2, -0.15) is 0 Å². The molecule has 0 amide bonds. The van der Waals surface area contributed by atoms with E-state index >= 15 is 0 Å². The van der Waals surface area contributed by atoms with Crippen molar-refractivity contribution < 1.29 is 18.6 Å². The molecule has 9 nitrogen and oxygen atoms in total. The third-order valence-corrected chi connectivity index (χ3v) is 12.2. The molecule has 0 saturated carbocycles. The normalized spacial score (nSPS) is 18.2. The molecule has 6 aromatic carbocycles. The molecular formula is C53H61BrClFN6O3. The molecule has 0 spiro atoms. The van der Waals surface area contributed by atoms with Crippen LogP contribution in [0, 0.1) is 5.82 Å². The zero-order valence-corrected chi connectivity index (χ0v) is 39.4. The number of rotatable bonds is 13. The molecule has 0 radical (unpaired) electrons. The van der Waals surface area contributed by atoms with E-state index < -0.39 is 0 Å². The highest BCUT2D eigenvalue weighted by atomic mass is 79.9. The summed E-state index contributed by atoms with van der Waals surface area (Å²) in [4.78, 5) is 0. The minimum absolute atomic E-state index is 0.108. The van der Waals surface area contributed by atoms with E-state index in [2.05, 4.69) is 152 Å². The smallest absolute Gasteiger partial charge is 0.129 e. The fourth-order valence-electron chi connectivity index (χ4n) is 7.55. The zero-order valence-electron chi connectivity index (χ0n) is 37.1. The van der Waals surface area contributed by atoms with Gasteiger partial charge in [0.05, 0.1) is 38.1 Å². The largest absolute Gasteiger partial charge is 0.381 e. The van der Waals surface area contributed by atoms with Crippen LogP contribution in [0.4, 0.5) is 21.5 Å². The predicted octanol–water partition coefficient (Wildman–Crippen LogP) is 11.0. The number of morpholine rings is 3. The second-order valence-electron chi connectivity index (χ2n) is 16.1. The van der Waals surface area contributed by atoms with Crippen LogP contribution in [-0.4, -0.2) is 59.1 Å². The molecule has 342 valence electrons. The summed E-state index contributed by atoms with van der Waals surface area (Å²) in [5.74, 6) is -0.293. The molecule has 0 aromatic heterocycles. The van der Waals surface area contributed by atoms with Gasteiger partial charge in [0.25, 0.3) is 0 Å². The fourth-order valence-corrected chi connectivity index (χ4v) is 7.97. The summed E-state index contributed by atoms with van der Waals surface area (Å²) in [6.07, 6.45) is 1.56. The molecule has 9 rings (SSSR count). The van der Waals surface area contributed by atoms with Crippen LogP contribution in [0.5, 0.6) is 0 Å². The third-order valence-electron chi connectivity index (χ3n) is 11.5. The average Bonchev–Trinajstić information content (AvgIpc) is 3.37. The maximum absolute atomic E-state index is 13.7. The maximum atomic E-state index is 13.7. The Morgan fingerprint density at radius 2 is 0.908 bits per heavy atom. The minimum Gasteiger partial charge on any atom is -0.381 e. The zero-order chi connectivity index (χ0) is 45.1. The van der Waals surface area contributed by atoms with Crippen molar-refractivity contribution in [3.05, 3.63) is 194 Å². The molecule has 3 fully saturated rings. The van der Waals surface area contributed by atoms with Crippen molar-refractivity contribution in [2.75, 3.05) is 75.0 Å². The summed E-state index contributed by atoms with van der Waals surface area (Å²) in [6, 6.07) is 47.0. The standard InChI is InChI=1S/C19H24N2O.C17H19BrN2O.C17H18ClFN2O/c1-2-15-3-5-16(6-4-15)13-21-18-9-7-17(8-10-18)19-14-20-11-12-22-19;18-15-5-1-13(2-6-15)11-20-16-7-3-14(4-8-16)17-12-19-9-10-21-17;18-14-4-1-13(16(19)9-14)10-21-15-5-2-12(3-6-15)17-11-20-7-8-22-17/h3-10,19-21H,2,11-14H2,1H3;1-8,17,19-20H,9-12H2;1-6,9,17,20-21H,7-8,10-11H2/t19-;2*17-/m111/s1. The average molecular weight is 964 g/mol.